The van der Waals surface area contributed by atoms with E-state index in [1.807, 2.05) is 19.1 Å². The number of hydrogen-bond donors (Lipinski definition) is 2. The van der Waals surface area contributed by atoms with Crippen molar-refractivity contribution in [2.24, 2.45) is 0 Å². The van der Waals surface area contributed by atoms with Crippen LogP contribution in [0.15, 0.2) is 18.2 Å². The Bertz CT molecular complexity index is 419. The second-order valence-corrected chi connectivity index (χ2v) is 5.23. The van der Waals surface area contributed by atoms with Gasteiger partial charge in [-0.3, -0.25) is 0 Å². The van der Waals surface area contributed by atoms with Crippen molar-refractivity contribution in [2.45, 2.75) is 57.8 Å². The monoisotopic (exact) mass is 280 g/mol. The zero-order chi connectivity index (χ0) is 14.4. The van der Waals surface area contributed by atoms with Crippen LogP contribution in [-0.2, 0) is 6.61 Å². The molecule has 1 aromatic rings. The van der Waals surface area contributed by atoms with Gasteiger partial charge in [-0.2, -0.15) is 0 Å². The van der Waals surface area contributed by atoms with E-state index in [1.165, 1.54) is 0 Å². The van der Waals surface area contributed by atoms with Gasteiger partial charge in [0.05, 0.1) is 19.3 Å². The summed E-state index contributed by atoms with van der Waals surface area (Å²) in [5.41, 5.74) is 0.794. The van der Waals surface area contributed by atoms with Gasteiger partial charge in [0.2, 0.25) is 0 Å². The third-order valence-electron chi connectivity index (χ3n) is 3.69. The maximum absolute atomic E-state index is 10.1. The number of benzene rings is 1. The number of aliphatic hydroxyl groups excluding tert-OH is 2. The van der Waals surface area contributed by atoms with E-state index in [1.54, 1.807) is 6.07 Å². The molecular weight excluding hydrogens is 256 g/mol. The zero-order valence-electron chi connectivity index (χ0n) is 12.0. The van der Waals surface area contributed by atoms with Crippen molar-refractivity contribution in [1.82, 2.24) is 0 Å². The van der Waals surface area contributed by atoms with Crippen molar-refractivity contribution < 1.29 is 19.7 Å². The predicted octanol–water partition coefficient (Wildman–Crippen LogP) is 2.65. The molecule has 0 bridgehead atoms. The molecular formula is C16H24O4. The molecule has 1 aliphatic carbocycles. The van der Waals surface area contributed by atoms with Gasteiger partial charge in [0.15, 0.2) is 11.5 Å². The SMILES string of the molecule is CCOc1cc(CO)ccc1OC1CCCCCC1O. The molecule has 1 aromatic carbocycles. The average molecular weight is 280 g/mol. The molecule has 0 aromatic heterocycles. The summed E-state index contributed by atoms with van der Waals surface area (Å²) in [6.07, 6.45) is 4.38. The van der Waals surface area contributed by atoms with Crippen molar-refractivity contribution in [2.75, 3.05) is 6.61 Å². The molecule has 4 heteroatoms. The van der Waals surface area contributed by atoms with Gasteiger partial charge in [-0.1, -0.05) is 18.9 Å². The molecule has 0 amide bonds. The van der Waals surface area contributed by atoms with Gasteiger partial charge in [-0.25, -0.2) is 0 Å². The number of aliphatic hydroxyl groups is 2. The maximum atomic E-state index is 10.1. The highest BCUT2D eigenvalue weighted by molar-refractivity contribution is 5.43. The highest BCUT2D eigenvalue weighted by atomic mass is 16.5. The second-order valence-electron chi connectivity index (χ2n) is 5.23. The van der Waals surface area contributed by atoms with Crippen LogP contribution in [-0.4, -0.2) is 29.0 Å². The van der Waals surface area contributed by atoms with Crippen LogP contribution in [0.25, 0.3) is 0 Å². The van der Waals surface area contributed by atoms with Crippen LogP contribution in [0.5, 0.6) is 11.5 Å². The molecule has 0 spiro atoms. The van der Waals surface area contributed by atoms with Gasteiger partial charge >= 0.3 is 0 Å². The first-order chi connectivity index (χ1) is 9.74. The van der Waals surface area contributed by atoms with E-state index in [9.17, 15) is 10.2 Å². The van der Waals surface area contributed by atoms with Crippen molar-refractivity contribution in [3.63, 3.8) is 0 Å². The van der Waals surface area contributed by atoms with Crippen molar-refractivity contribution >= 4 is 0 Å². The first kappa shape index (κ1) is 15.1. The molecule has 0 heterocycles. The molecule has 4 nitrogen and oxygen atoms in total. The zero-order valence-corrected chi connectivity index (χ0v) is 12.0. The van der Waals surface area contributed by atoms with E-state index in [0.29, 0.717) is 18.1 Å². The number of ether oxygens (including phenoxy) is 2. The smallest absolute Gasteiger partial charge is 0.161 e. The van der Waals surface area contributed by atoms with Gasteiger partial charge in [-0.05, 0) is 43.9 Å². The van der Waals surface area contributed by atoms with Crippen LogP contribution in [0.4, 0.5) is 0 Å². The summed E-state index contributed by atoms with van der Waals surface area (Å²) in [7, 11) is 0. The molecule has 20 heavy (non-hydrogen) atoms. The topological polar surface area (TPSA) is 58.9 Å². The fourth-order valence-electron chi connectivity index (χ4n) is 2.57. The van der Waals surface area contributed by atoms with Crippen molar-refractivity contribution in [1.29, 1.82) is 0 Å². The van der Waals surface area contributed by atoms with E-state index in [2.05, 4.69) is 0 Å². The lowest BCUT2D eigenvalue weighted by Gasteiger charge is -2.23. The predicted molar refractivity (Wildman–Crippen MR) is 77.0 cm³/mol. The molecule has 2 unspecified atom stereocenters. The van der Waals surface area contributed by atoms with Crippen LogP contribution in [0.3, 0.4) is 0 Å². The van der Waals surface area contributed by atoms with E-state index >= 15 is 0 Å². The van der Waals surface area contributed by atoms with Gasteiger partial charge in [-0.15, -0.1) is 0 Å². The largest absolute Gasteiger partial charge is 0.490 e. The summed E-state index contributed by atoms with van der Waals surface area (Å²) < 4.78 is 11.5. The molecule has 1 fully saturated rings. The molecule has 1 aliphatic rings. The normalized spacial score (nSPS) is 23.1. The Labute approximate surface area is 120 Å². The molecule has 2 atom stereocenters. The van der Waals surface area contributed by atoms with Crippen LogP contribution in [0, 0.1) is 0 Å². The molecule has 112 valence electrons. The first-order valence-corrected chi connectivity index (χ1v) is 7.46. The van der Waals surface area contributed by atoms with Crippen LogP contribution < -0.4 is 9.47 Å². The van der Waals surface area contributed by atoms with Gasteiger partial charge < -0.3 is 19.7 Å². The highest BCUT2D eigenvalue weighted by Gasteiger charge is 2.24. The lowest BCUT2D eigenvalue weighted by atomic mass is 10.1. The number of hydrogen-bond acceptors (Lipinski definition) is 4. The van der Waals surface area contributed by atoms with Gasteiger partial charge in [0, 0.05) is 0 Å². The molecule has 2 N–H and O–H groups in total. The molecule has 1 saturated carbocycles. The third kappa shape index (κ3) is 3.87. The standard InChI is InChI=1S/C16H24O4/c1-2-19-16-10-12(11-17)8-9-15(16)20-14-7-5-3-4-6-13(14)18/h8-10,13-14,17-18H,2-7,11H2,1H3. The molecule has 0 aliphatic heterocycles. The Balaban J connectivity index is 2.14. The fraction of sp³-hybridized carbons (Fsp3) is 0.625. The first-order valence-electron chi connectivity index (χ1n) is 7.46. The lowest BCUT2D eigenvalue weighted by Crippen LogP contribution is -2.30. The van der Waals surface area contributed by atoms with E-state index in [4.69, 9.17) is 9.47 Å². The average Bonchev–Trinajstić information content (AvgIpc) is 2.66. The number of rotatable bonds is 5. The minimum Gasteiger partial charge on any atom is -0.490 e. The Morgan fingerprint density at radius 3 is 2.70 bits per heavy atom. The van der Waals surface area contributed by atoms with Crippen molar-refractivity contribution in [3.05, 3.63) is 23.8 Å². The quantitative estimate of drug-likeness (QED) is 0.814. The van der Waals surface area contributed by atoms with E-state index in [-0.39, 0.29) is 12.7 Å². The van der Waals surface area contributed by atoms with Gasteiger partial charge in [0.1, 0.15) is 6.10 Å². The summed E-state index contributed by atoms with van der Waals surface area (Å²) in [6, 6.07) is 5.43. The van der Waals surface area contributed by atoms with Crippen LogP contribution in [0.1, 0.15) is 44.6 Å². The molecule has 2 rings (SSSR count). The highest BCUT2D eigenvalue weighted by Crippen LogP contribution is 2.32. The summed E-state index contributed by atoms with van der Waals surface area (Å²) in [6.45, 7) is 2.43. The minimum absolute atomic E-state index is 0.0214. The molecule has 0 saturated heterocycles. The summed E-state index contributed by atoms with van der Waals surface area (Å²) >= 11 is 0. The Hall–Kier alpha value is -1.26. The summed E-state index contributed by atoms with van der Waals surface area (Å²) in [5.74, 6) is 1.28. The maximum Gasteiger partial charge on any atom is 0.161 e. The minimum atomic E-state index is -0.413. The Morgan fingerprint density at radius 2 is 1.95 bits per heavy atom. The van der Waals surface area contributed by atoms with Gasteiger partial charge in [0.25, 0.3) is 0 Å². The fourth-order valence-corrected chi connectivity index (χ4v) is 2.57. The molecule has 0 radical (unpaired) electrons. The van der Waals surface area contributed by atoms with Crippen LogP contribution >= 0.6 is 0 Å². The lowest BCUT2D eigenvalue weighted by molar-refractivity contribution is 0.0302. The van der Waals surface area contributed by atoms with E-state index in [0.717, 1.165) is 37.7 Å². The summed E-state index contributed by atoms with van der Waals surface area (Å²) in [5, 5.41) is 19.3. The van der Waals surface area contributed by atoms with E-state index < -0.39 is 6.10 Å². The van der Waals surface area contributed by atoms with Crippen LogP contribution in [0.2, 0.25) is 0 Å². The van der Waals surface area contributed by atoms with Crippen molar-refractivity contribution in [3.8, 4) is 11.5 Å². The third-order valence-corrected chi connectivity index (χ3v) is 3.69. The Kier molecular flexibility index (Phi) is 5.68. The summed E-state index contributed by atoms with van der Waals surface area (Å²) in [4.78, 5) is 0. The second kappa shape index (κ2) is 7.50. The Morgan fingerprint density at radius 1 is 1.15 bits per heavy atom.